The van der Waals surface area contributed by atoms with E-state index >= 15 is 0 Å². The normalized spacial score (nSPS) is 13.8. The minimum atomic E-state index is 0.0456. The van der Waals surface area contributed by atoms with Gasteiger partial charge in [0.15, 0.2) is 6.79 Å². The predicted molar refractivity (Wildman–Crippen MR) is 93.5 cm³/mol. The molecule has 0 saturated heterocycles. The highest BCUT2D eigenvalue weighted by Crippen LogP contribution is 2.19. The van der Waals surface area contributed by atoms with E-state index < -0.39 is 0 Å². The Labute approximate surface area is 142 Å². The van der Waals surface area contributed by atoms with E-state index in [1.807, 2.05) is 41.3 Å². The number of hydrogen-bond donors (Lipinski definition) is 0. The fourth-order valence-corrected chi connectivity index (χ4v) is 2.76. The highest BCUT2D eigenvalue weighted by Gasteiger charge is 2.18. The second-order valence-electron chi connectivity index (χ2n) is 5.73. The van der Waals surface area contributed by atoms with E-state index in [2.05, 4.69) is 18.2 Å². The molecular weight excluding hydrogens is 302 g/mol. The molecule has 2 aromatic carbocycles. The Balaban J connectivity index is 1.59. The predicted octanol–water partition coefficient (Wildman–Crippen LogP) is 3.27. The standard InChI is InChI=1S/C20H21NO3/c1-23-15-24-19-9-6-16(7-10-19)8-11-20(22)21-13-12-17-4-2-3-5-18(17)14-21/h2-11H,12-15H2,1H3/b11-8+. The first-order valence-electron chi connectivity index (χ1n) is 8.02. The first kappa shape index (κ1) is 16.3. The third-order valence-electron chi connectivity index (χ3n) is 4.08. The summed E-state index contributed by atoms with van der Waals surface area (Å²) in [5, 5.41) is 0. The van der Waals surface area contributed by atoms with Gasteiger partial charge >= 0.3 is 0 Å². The van der Waals surface area contributed by atoms with Gasteiger partial charge in [0, 0.05) is 26.3 Å². The van der Waals surface area contributed by atoms with Crippen LogP contribution in [0.3, 0.4) is 0 Å². The maximum atomic E-state index is 12.4. The van der Waals surface area contributed by atoms with Crippen LogP contribution in [0.4, 0.5) is 0 Å². The quantitative estimate of drug-likeness (QED) is 0.626. The molecule has 1 aliphatic heterocycles. The van der Waals surface area contributed by atoms with E-state index in [1.165, 1.54) is 11.1 Å². The van der Waals surface area contributed by atoms with E-state index in [9.17, 15) is 4.79 Å². The molecule has 0 saturated carbocycles. The SMILES string of the molecule is COCOc1ccc(/C=C/C(=O)N2CCc3ccccc3C2)cc1. The summed E-state index contributed by atoms with van der Waals surface area (Å²) in [5.41, 5.74) is 3.55. The maximum Gasteiger partial charge on any atom is 0.246 e. The van der Waals surface area contributed by atoms with Gasteiger partial charge in [0.05, 0.1) is 0 Å². The van der Waals surface area contributed by atoms with Gasteiger partial charge in [0.1, 0.15) is 5.75 Å². The summed E-state index contributed by atoms with van der Waals surface area (Å²) in [5.74, 6) is 0.789. The second kappa shape index (κ2) is 7.79. The van der Waals surface area contributed by atoms with Gasteiger partial charge in [-0.05, 0) is 41.3 Å². The number of nitrogens with zero attached hydrogens (tertiary/aromatic N) is 1. The van der Waals surface area contributed by atoms with Gasteiger partial charge in [-0.15, -0.1) is 0 Å². The molecule has 3 rings (SSSR count). The summed E-state index contributed by atoms with van der Waals surface area (Å²) in [6.07, 6.45) is 4.39. The lowest BCUT2D eigenvalue weighted by Gasteiger charge is -2.27. The highest BCUT2D eigenvalue weighted by molar-refractivity contribution is 5.91. The Kier molecular flexibility index (Phi) is 5.29. The number of carbonyl (C=O) groups is 1. The van der Waals surface area contributed by atoms with Crippen molar-refractivity contribution in [2.75, 3.05) is 20.4 Å². The zero-order valence-corrected chi connectivity index (χ0v) is 13.8. The van der Waals surface area contributed by atoms with E-state index in [-0.39, 0.29) is 12.7 Å². The number of hydrogen-bond acceptors (Lipinski definition) is 3. The molecule has 0 bridgehead atoms. The molecule has 0 N–H and O–H groups in total. The molecular formula is C20H21NO3. The van der Waals surface area contributed by atoms with E-state index in [0.29, 0.717) is 6.54 Å². The zero-order chi connectivity index (χ0) is 16.8. The number of carbonyl (C=O) groups excluding carboxylic acids is 1. The molecule has 24 heavy (non-hydrogen) atoms. The summed E-state index contributed by atoms with van der Waals surface area (Å²) < 4.78 is 10.2. The van der Waals surface area contributed by atoms with Gasteiger partial charge in [-0.1, -0.05) is 36.4 Å². The number of amides is 1. The third-order valence-corrected chi connectivity index (χ3v) is 4.08. The molecule has 124 valence electrons. The Morgan fingerprint density at radius 1 is 1.12 bits per heavy atom. The fourth-order valence-electron chi connectivity index (χ4n) is 2.76. The van der Waals surface area contributed by atoms with Crippen molar-refractivity contribution < 1.29 is 14.3 Å². The van der Waals surface area contributed by atoms with Crippen LogP contribution in [-0.2, 0) is 22.5 Å². The van der Waals surface area contributed by atoms with Gasteiger partial charge in [0.25, 0.3) is 0 Å². The van der Waals surface area contributed by atoms with E-state index in [1.54, 1.807) is 13.2 Å². The first-order valence-corrected chi connectivity index (χ1v) is 8.02. The maximum absolute atomic E-state index is 12.4. The molecule has 0 spiro atoms. The minimum Gasteiger partial charge on any atom is -0.468 e. The monoisotopic (exact) mass is 323 g/mol. The van der Waals surface area contributed by atoms with Crippen LogP contribution in [-0.4, -0.2) is 31.3 Å². The van der Waals surface area contributed by atoms with Crippen LogP contribution in [0.25, 0.3) is 6.08 Å². The van der Waals surface area contributed by atoms with Gasteiger partial charge in [0.2, 0.25) is 5.91 Å². The van der Waals surface area contributed by atoms with Crippen molar-refractivity contribution in [3.63, 3.8) is 0 Å². The van der Waals surface area contributed by atoms with Crippen molar-refractivity contribution in [3.05, 3.63) is 71.3 Å². The summed E-state index contributed by atoms with van der Waals surface area (Å²) in [7, 11) is 1.59. The van der Waals surface area contributed by atoms with E-state index in [4.69, 9.17) is 9.47 Å². The molecule has 0 fully saturated rings. The van der Waals surface area contributed by atoms with Crippen LogP contribution >= 0.6 is 0 Å². The zero-order valence-electron chi connectivity index (χ0n) is 13.8. The molecule has 1 amide bonds. The Hall–Kier alpha value is -2.59. The molecule has 0 aliphatic carbocycles. The molecule has 0 radical (unpaired) electrons. The van der Waals surface area contributed by atoms with E-state index in [0.717, 1.165) is 24.3 Å². The van der Waals surface area contributed by atoms with Crippen molar-refractivity contribution in [1.82, 2.24) is 4.90 Å². The molecule has 4 nitrogen and oxygen atoms in total. The molecule has 1 aliphatic rings. The number of ether oxygens (including phenoxy) is 2. The van der Waals surface area contributed by atoms with Crippen molar-refractivity contribution in [3.8, 4) is 5.75 Å². The number of rotatable bonds is 5. The highest BCUT2D eigenvalue weighted by atomic mass is 16.7. The molecule has 0 atom stereocenters. The van der Waals surface area contributed by atoms with Crippen molar-refractivity contribution in [2.24, 2.45) is 0 Å². The summed E-state index contributed by atoms with van der Waals surface area (Å²) >= 11 is 0. The fraction of sp³-hybridized carbons (Fsp3) is 0.250. The molecule has 2 aromatic rings. The van der Waals surface area contributed by atoms with Crippen LogP contribution in [0.2, 0.25) is 0 Å². The molecule has 0 aromatic heterocycles. The smallest absolute Gasteiger partial charge is 0.246 e. The van der Waals surface area contributed by atoms with Crippen LogP contribution in [0.15, 0.2) is 54.6 Å². The van der Waals surface area contributed by atoms with Crippen molar-refractivity contribution in [1.29, 1.82) is 0 Å². The molecule has 4 heteroatoms. The van der Waals surface area contributed by atoms with Crippen molar-refractivity contribution >= 4 is 12.0 Å². The lowest BCUT2D eigenvalue weighted by Crippen LogP contribution is -2.34. The molecule has 0 unspecified atom stereocenters. The molecule has 1 heterocycles. The summed E-state index contributed by atoms with van der Waals surface area (Å²) in [6.45, 7) is 1.68. The van der Waals surface area contributed by atoms with Gasteiger partial charge < -0.3 is 14.4 Å². The Bertz CT molecular complexity index is 722. The van der Waals surface area contributed by atoms with Crippen LogP contribution in [0.5, 0.6) is 5.75 Å². The Morgan fingerprint density at radius 2 is 1.88 bits per heavy atom. The summed E-state index contributed by atoms with van der Waals surface area (Å²) in [4.78, 5) is 14.3. The van der Waals surface area contributed by atoms with Gasteiger partial charge in [-0.2, -0.15) is 0 Å². The van der Waals surface area contributed by atoms with Gasteiger partial charge in [-0.3, -0.25) is 4.79 Å². The second-order valence-corrected chi connectivity index (χ2v) is 5.73. The average molecular weight is 323 g/mol. The summed E-state index contributed by atoms with van der Waals surface area (Å²) in [6, 6.07) is 15.9. The largest absolute Gasteiger partial charge is 0.468 e. The number of fused-ring (bicyclic) bond motifs is 1. The van der Waals surface area contributed by atoms with Crippen LogP contribution in [0, 0.1) is 0 Å². The average Bonchev–Trinajstić information content (AvgIpc) is 2.65. The van der Waals surface area contributed by atoms with Crippen LogP contribution < -0.4 is 4.74 Å². The third kappa shape index (κ3) is 4.03. The Morgan fingerprint density at radius 3 is 2.62 bits per heavy atom. The van der Waals surface area contributed by atoms with Gasteiger partial charge in [-0.25, -0.2) is 0 Å². The lowest BCUT2D eigenvalue weighted by molar-refractivity contribution is -0.126. The topological polar surface area (TPSA) is 38.8 Å². The number of methoxy groups -OCH3 is 1. The lowest BCUT2D eigenvalue weighted by atomic mass is 10.00. The minimum absolute atomic E-state index is 0.0456. The van der Waals surface area contributed by atoms with Crippen molar-refractivity contribution in [2.45, 2.75) is 13.0 Å². The van der Waals surface area contributed by atoms with Crippen LogP contribution in [0.1, 0.15) is 16.7 Å². The first-order chi connectivity index (χ1) is 11.8. The number of benzene rings is 2.